The molecule has 3 N–H and O–H groups in total. The normalized spacial score (nSPS) is 30.8. The van der Waals surface area contributed by atoms with Crippen LogP contribution in [0.2, 0.25) is 0 Å². The van der Waals surface area contributed by atoms with E-state index in [-0.39, 0.29) is 0 Å². The van der Waals surface area contributed by atoms with Crippen LogP contribution in [-0.4, -0.2) is 6.54 Å². The first-order chi connectivity index (χ1) is 8.24. The first kappa shape index (κ1) is 10.9. The molecular formula is C15H22N2. The van der Waals surface area contributed by atoms with Gasteiger partial charge in [0.25, 0.3) is 0 Å². The number of nitrogen functional groups attached to an aromatic ring is 1. The van der Waals surface area contributed by atoms with Crippen molar-refractivity contribution in [3.63, 3.8) is 0 Å². The van der Waals surface area contributed by atoms with Crippen LogP contribution in [0.25, 0.3) is 0 Å². The molecule has 2 saturated carbocycles. The van der Waals surface area contributed by atoms with Gasteiger partial charge in [-0.25, -0.2) is 0 Å². The number of fused-ring (bicyclic) bond motifs is 2. The lowest BCUT2D eigenvalue weighted by molar-refractivity contribution is 0.348. The van der Waals surface area contributed by atoms with E-state index in [1.807, 2.05) is 0 Å². The first-order valence-electron chi connectivity index (χ1n) is 6.83. The molecule has 0 aliphatic heterocycles. The van der Waals surface area contributed by atoms with Crippen molar-refractivity contribution >= 4 is 11.4 Å². The number of aryl methyl sites for hydroxylation is 1. The molecule has 2 aliphatic carbocycles. The van der Waals surface area contributed by atoms with Crippen LogP contribution in [0.3, 0.4) is 0 Å². The molecule has 2 nitrogen and oxygen atoms in total. The van der Waals surface area contributed by atoms with Crippen molar-refractivity contribution in [1.29, 1.82) is 0 Å². The Labute approximate surface area is 104 Å². The topological polar surface area (TPSA) is 38.0 Å². The third kappa shape index (κ3) is 2.01. The van der Waals surface area contributed by atoms with E-state index in [0.717, 1.165) is 35.7 Å². The fourth-order valence-electron chi connectivity index (χ4n) is 3.70. The largest absolute Gasteiger partial charge is 0.397 e. The van der Waals surface area contributed by atoms with Crippen molar-refractivity contribution in [2.45, 2.75) is 32.6 Å². The second kappa shape index (κ2) is 4.25. The standard InChI is InChI=1S/C15H22N2/c1-10-3-2-4-14(15(10)16)17-9-13-8-11-5-6-12(13)7-11/h2-4,11-13,17H,5-9,16H2,1H3. The van der Waals surface area contributed by atoms with Gasteiger partial charge in [-0.2, -0.15) is 0 Å². The zero-order valence-corrected chi connectivity index (χ0v) is 10.6. The average Bonchev–Trinajstić information content (AvgIpc) is 2.93. The lowest BCUT2D eigenvalue weighted by Gasteiger charge is -2.23. The second-order valence-corrected chi connectivity index (χ2v) is 5.85. The van der Waals surface area contributed by atoms with Crippen LogP contribution >= 0.6 is 0 Å². The van der Waals surface area contributed by atoms with Crippen molar-refractivity contribution in [1.82, 2.24) is 0 Å². The van der Waals surface area contributed by atoms with Crippen LogP contribution in [0, 0.1) is 24.7 Å². The molecule has 0 saturated heterocycles. The lowest BCUT2D eigenvalue weighted by Crippen LogP contribution is -2.20. The van der Waals surface area contributed by atoms with Crippen molar-refractivity contribution in [2.75, 3.05) is 17.6 Å². The van der Waals surface area contributed by atoms with Gasteiger partial charge in [0.2, 0.25) is 0 Å². The van der Waals surface area contributed by atoms with Crippen LogP contribution in [0.15, 0.2) is 18.2 Å². The number of hydrogen-bond acceptors (Lipinski definition) is 2. The van der Waals surface area contributed by atoms with Gasteiger partial charge in [-0.3, -0.25) is 0 Å². The predicted molar refractivity (Wildman–Crippen MR) is 73.0 cm³/mol. The van der Waals surface area contributed by atoms with E-state index >= 15 is 0 Å². The highest BCUT2D eigenvalue weighted by atomic mass is 14.9. The van der Waals surface area contributed by atoms with Gasteiger partial charge in [-0.1, -0.05) is 18.6 Å². The zero-order chi connectivity index (χ0) is 11.8. The van der Waals surface area contributed by atoms with Crippen molar-refractivity contribution < 1.29 is 0 Å². The summed E-state index contributed by atoms with van der Waals surface area (Å²) in [5.74, 6) is 2.90. The molecule has 3 rings (SSSR count). The Kier molecular flexibility index (Phi) is 2.73. The molecule has 92 valence electrons. The van der Waals surface area contributed by atoms with Crippen molar-refractivity contribution in [2.24, 2.45) is 17.8 Å². The summed E-state index contributed by atoms with van der Waals surface area (Å²) in [5, 5.41) is 3.56. The Hall–Kier alpha value is -1.18. The molecule has 2 aliphatic rings. The molecule has 0 radical (unpaired) electrons. The van der Waals surface area contributed by atoms with E-state index in [1.54, 1.807) is 0 Å². The Balaban J connectivity index is 1.62. The van der Waals surface area contributed by atoms with Gasteiger partial charge < -0.3 is 11.1 Å². The van der Waals surface area contributed by atoms with Crippen LogP contribution in [0.4, 0.5) is 11.4 Å². The summed E-state index contributed by atoms with van der Waals surface area (Å²) in [6.07, 6.45) is 5.85. The maximum Gasteiger partial charge on any atom is 0.0579 e. The molecule has 2 heteroatoms. The van der Waals surface area contributed by atoms with Gasteiger partial charge in [0.05, 0.1) is 11.4 Å². The number of benzene rings is 1. The number of para-hydroxylation sites is 1. The third-order valence-electron chi connectivity index (χ3n) is 4.76. The zero-order valence-electron chi connectivity index (χ0n) is 10.6. The highest BCUT2D eigenvalue weighted by Crippen LogP contribution is 2.48. The molecule has 0 amide bonds. The van der Waals surface area contributed by atoms with Crippen LogP contribution in [0.5, 0.6) is 0 Å². The fourth-order valence-corrected chi connectivity index (χ4v) is 3.70. The minimum Gasteiger partial charge on any atom is -0.397 e. The quantitative estimate of drug-likeness (QED) is 0.781. The molecule has 3 atom stereocenters. The number of nitrogens with one attached hydrogen (secondary N) is 1. The summed E-state index contributed by atoms with van der Waals surface area (Å²) in [6, 6.07) is 6.24. The van der Waals surface area contributed by atoms with Crippen LogP contribution in [-0.2, 0) is 0 Å². The van der Waals surface area contributed by atoms with Crippen LogP contribution in [0.1, 0.15) is 31.2 Å². The fraction of sp³-hybridized carbons (Fsp3) is 0.600. The second-order valence-electron chi connectivity index (χ2n) is 5.85. The van der Waals surface area contributed by atoms with E-state index in [1.165, 1.54) is 31.2 Å². The number of rotatable bonds is 3. The Morgan fingerprint density at radius 3 is 2.88 bits per heavy atom. The maximum absolute atomic E-state index is 6.08. The summed E-state index contributed by atoms with van der Waals surface area (Å²) in [5.41, 5.74) is 9.28. The van der Waals surface area contributed by atoms with E-state index in [9.17, 15) is 0 Å². The van der Waals surface area contributed by atoms with Gasteiger partial charge in [0.15, 0.2) is 0 Å². The van der Waals surface area contributed by atoms with E-state index in [0.29, 0.717) is 0 Å². The Morgan fingerprint density at radius 1 is 1.29 bits per heavy atom. The lowest BCUT2D eigenvalue weighted by atomic mass is 9.89. The predicted octanol–water partition coefficient (Wildman–Crippen LogP) is 3.43. The molecular weight excluding hydrogens is 208 g/mol. The van der Waals surface area contributed by atoms with Crippen molar-refractivity contribution in [3.8, 4) is 0 Å². The SMILES string of the molecule is Cc1cccc(NCC2CC3CCC2C3)c1N. The monoisotopic (exact) mass is 230 g/mol. The molecule has 0 spiro atoms. The number of nitrogens with two attached hydrogens (primary N) is 1. The van der Waals surface area contributed by atoms with Gasteiger partial charge >= 0.3 is 0 Å². The van der Waals surface area contributed by atoms with Gasteiger partial charge in [-0.15, -0.1) is 0 Å². The molecule has 3 unspecified atom stereocenters. The Bertz CT molecular complexity index is 413. The van der Waals surface area contributed by atoms with E-state index in [4.69, 9.17) is 5.73 Å². The summed E-state index contributed by atoms with van der Waals surface area (Å²) in [6.45, 7) is 3.17. The molecule has 17 heavy (non-hydrogen) atoms. The molecule has 0 aromatic heterocycles. The molecule has 0 heterocycles. The smallest absolute Gasteiger partial charge is 0.0579 e. The number of hydrogen-bond donors (Lipinski definition) is 2. The van der Waals surface area contributed by atoms with E-state index in [2.05, 4.69) is 30.4 Å². The average molecular weight is 230 g/mol. The summed E-state index contributed by atoms with van der Waals surface area (Å²) >= 11 is 0. The first-order valence-corrected chi connectivity index (χ1v) is 6.83. The molecule has 1 aromatic carbocycles. The van der Waals surface area contributed by atoms with E-state index < -0.39 is 0 Å². The van der Waals surface area contributed by atoms with Gasteiger partial charge in [0.1, 0.15) is 0 Å². The molecule has 1 aromatic rings. The number of anilines is 2. The summed E-state index contributed by atoms with van der Waals surface area (Å²) in [7, 11) is 0. The minimum atomic E-state index is 0.883. The molecule has 2 fully saturated rings. The minimum absolute atomic E-state index is 0.883. The summed E-state index contributed by atoms with van der Waals surface area (Å²) in [4.78, 5) is 0. The highest BCUT2D eigenvalue weighted by molar-refractivity contribution is 5.69. The summed E-state index contributed by atoms with van der Waals surface area (Å²) < 4.78 is 0. The third-order valence-corrected chi connectivity index (χ3v) is 4.76. The highest BCUT2D eigenvalue weighted by Gasteiger charge is 2.39. The Morgan fingerprint density at radius 2 is 2.18 bits per heavy atom. The maximum atomic E-state index is 6.08. The van der Waals surface area contributed by atoms with Gasteiger partial charge in [-0.05, 0) is 55.6 Å². The molecule has 2 bridgehead atoms. The van der Waals surface area contributed by atoms with Crippen molar-refractivity contribution in [3.05, 3.63) is 23.8 Å². The van der Waals surface area contributed by atoms with Gasteiger partial charge in [0, 0.05) is 6.54 Å². The van der Waals surface area contributed by atoms with Crippen LogP contribution < -0.4 is 11.1 Å².